The second kappa shape index (κ2) is 14.0. The molecule has 2 aromatic carbocycles. The summed E-state index contributed by atoms with van der Waals surface area (Å²) in [5, 5.41) is 2.76. The number of ether oxygens (including phenoxy) is 1. The molecule has 0 fully saturated rings. The smallest absolute Gasteiger partial charge is 0.416 e. The highest BCUT2D eigenvalue weighted by Gasteiger charge is 2.36. The first-order valence-electron chi connectivity index (χ1n) is 15.5. The summed E-state index contributed by atoms with van der Waals surface area (Å²) in [6.45, 7) is 12.1. The van der Waals surface area contributed by atoms with Gasteiger partial charge in [-0.1, -0.05) is 32.4 Å². The number of nitrogens with one attached hydrogen (secondary N) is 1. The van der Waals surface area contributed by atoms with Crippen molar-refractivity contribution < 1.29 is 31.1 Å². The summed E-state index contributed by atoms with van der Waals surface area (Å²) < 4.78 is 74.6. The molecule has 0 aliphatic carbocycles. The van der Waals surface area contributed by atoms with Crippen LogP contribution in [0.4, 0.5) is 29.3 Å². The van der Waals surface area contributed by atoms with Gasteiger partial charge in [0.25, 0.3) is 0 Å². The van der Waals surface area contributed by atoms with Gasteiger partial charge in [0.2, 0.25) is 10.0 Å². The summed E-state index contributed by atoms with van der Waals surface area (Å²) in [5.74, 6) is 0.404. The van der Waals surface area contributed by atoms with E-state index in [4.69, 9.17) is 4.74 Å². The molecule has 2 unspecified atom stereocenters. The lowest BCUT2D eigenvalue weighted by atomic mass is 9.97. The number of sulfonamides is 1. The van der Waals surface area contributed by atoms with Crippen molar-refractivity contribution in [3.8, 4) is 0 Å². The summed E-state index contributed by atoms with van der Waals surface area (Å²) in [5.41, 5.74) is 2.18. The van der Waals surface area contributed by atoms with Gasteiger partial charge in [0.15, 0.2) is 0 Å². The molecule has 250 valence electrons. The van der Waals surface area contributed by atoms with Crippen molar-refractivity contribution in [2.24, 2.45) is 5.92 Å². The van der Waals surface area contributed by atoms with Crippen LogP contribution < -0.4 is 10.2 Å². The van der Waals surface area contributed by atoms with Crippen LogP contribution in [0.3, 0.4) is 0 Å². The minimum atomic E-state index is -4.57. The molecule has 1 N–H and O–H groups in total. The largest absolute Gasteiger partial charge is 0.444 e. The minimum Gasteiger partial charge on any atom is -0.444 e. The Labute approximate surface area is 270 Å². The van der Waals surface area contributed by atoms with Gasteiger partial charge in [-0.05, 0) is 100 Å². The Balaban J connectivity index is 1.73. The van der Waals surface area contributed by atoms with Crippen LogP contribution in [0.25, 0.3) is 0 Å². The quantitative estimate of drug-likeness (QED) is 0.249. The number of alkyl halides is 3. The van der Waals surface area contributed by atoms with E-state index in [0.29, 0.717) is 30.3 Å². The Hall–Kier alpha value is -3.64. The third-order valence-corrected chi connectivity index (χ3v) is 10.0. The van der Waals surface area contributed by atoms with Crippen LogP contribution in [-0.4, -0.2) is 42.0 Å². The molecule has 46 heavy (non-hydrogen) atoms. The predicted octanol–water partition coefficient (Wildman–Crippen LogP) is 8.16. The summed E-state index contributed by atoms with van der Waals surface area (Å²) in [7, 11) is -4.15. The zero-order valence-corrected chi connectivity index (χ0v) is 28.0. The number of hydrogen-bond donors (Lipinski definition) is 1. The Bertz CT molecular complexity index is 1620. The van der Waals surface area contributed by atoms with E-state index in [0.717, 1.165) is 53.9 Å². The number of fused-ring (bicyclic) bond motifs is 1. The van der Waals surface area contributed by atoms with E-state index in [-0.39, 0.29) is 24.0 Å². The Morgan fingerprint density at radius 2 is 1.80 bits per heavy atom. The number of hydrogen-bond acceptors (Lipinski definition) is 6. The third kappa shape index (κ3) is 8.79. The fourth-order valence-electron chi connectivity index (χ4n) is 5.46. The Kier molecular flexibility index (Phi) is 10.7. The van der Waals surface area contributed by atoms with E-state index >= 15 is 0 Å². The molecule has 2 heterocycles. The van der Waals surface area contributed by atoms with E-state index in [2.05, 4.69) is 29.0 Å². The average Bonchev–Trinajstić information content (AvgIpc) is 3.13. The monoisotopic (exact) mass is 660 g/mol. The van der Waals surface area contributed by atoms with Crippen LogP contribution in [0.2, 0.25) is 0 Å². The van der Waals surface area contributed by atoms with Gasteiger partial charge >= 0.3 is 12.3 Å². The molecule has 0 bridgehead atoms. The van der Waals surface area contributed by atoms with Crippen LogP contribution >= 0.6 is 0 Å². The lowest BCUT2D eigenvalue weighted by Crippen LogP contribution is -2.43. The zero-order chi connectivity index (χ0) is 33.9. The summed E-state index contributed by atoms with van der Waals surface area (Å²) in [4.78, 5) is 19.0. The van der Waals surface area contributed by atoms with Gasteiger partial charge < -0.3 is 9.64 Å². The second-order valence-electron chi connectivity index (χ2n) is 12.9. The average molecular weight is 661 g/mol. The van der Waals surface area contributed by atoms with E-state index < -0.39 is 33.5 Å². The lowest BCUT2D eigenvalue weighted by Gasteiger charge is -2.35. The number of carbonyl (C=O) groups is 1. The topological polar surface area (TPSA) is 91.8 Å². The third-order valence-electron chi connectivity index (χ3n) is 8.19. The van der Waals surface area contributed by atoms with Crippen molar-refractivity contribution in [3.05, 3.63) is 83.2 Å². The first kappa shape index (κ1) is 35.2. The van der Waals surface area contributed by atoms with Gasteiger partial charge in [-0.15, -0.1) is 0 Å². The predicted molar refractivity (Wildman–Crippen MR) is 173 cm³/mol. The summed E-state index contributed by atoms with van der Waals surface area (Å²) >= 11 is 0. The van der Waals surface area contributed by atoms with E-state index in [9.17, 15) is 26.4 Å². The molecule has 0 radical (unpaired) electrons. The first-order valence-corrected chi connectivity index (χ1v) is 16.9. The van der Waals surface area contributed by atoms with Gasteiger partial charge in [-0.25, -0.2) is 13.2 Å². The van der Waals surface area contributed by atoms with Crippen molar-refractivity contribution in [1.82, 2.24) is 9.29 Å². The molecular formula is C34H43F3N4O4S. The summed E-state index contributed by atoms with van der Waals surface area (Å²) in [6, 6.07) is 12.7. The Morgan fingerprint density at radius 1 is 1.11 bits per heavy atom. The molecule has 0 saturated heterocycles. The first-order chi connectivity index (χ1) is 21.5. The molecule has 2 atom stereocenters. The molecule has 3 aromatic rings. The van der Waals surface area contributed by atoms with Gasteiger partial charge in [0, 0.05) is 36.7 Å². The highest BCUT2D eigenvalue weighted by atomic mass is 32.2. The van der Waals surface area contributed by atoms with Crippen molar-refractivity contribution in [3.63, 3.8) is 0 Å². The zero-order valence-electron chi connectivity index (χ0n) is 27.2. The molecule has 4 rings (SSSR count). The molecule has 1 aliphatic rings. The molecule has 1 aromatic heterocycles. The van der Waals surface area contributed by atoms with Crippen molar-refractivity contribution in [2.45, 2.75) is 96.6 Å². The van der Waals surface area contributed by atoms with Crippen LogP contribution in [0, 0.1) is 12.8 Å². The number of aromatic nitrogens is 1. The number of nitrogens with zero attached hydrogens (tertiary/aromatic N) is 3. The van der Waals surface area contributed by atoms with Crippen molar-refractivity contribution >= 4 is 27.5 Å². The van der Waals surface area contributed by atoms with E-state index in [1.54, 1.807) is 39.1 Å². The standard InChI is InChI=1S/C34H43F3N4O4S/c1-7-23(2)11-14-28-21-40(46(43,44)29-15-12-25(13-16-29)34(35,36)37)22-30-24(3)9-8-10-31(30)41(28)20-27-19-26(17-18-38-27)39-32(42)45-33(4,5)6/h8-10,12-13,15-19,23,28H,7,11,14,20-22H2,1-6H3,(H,38,39,42). The highest BCUT2D eigenvalue weighted by Crippen LogP contribution is 2.36. The fourth-order valence-corrected chi connectivity index (χ4v) is 6.91. The van der Waals surface area contributed by atoms with Gasteiger partial charge in [0.05, 0.1) is 22.7 Å². The number of aryl methyl sites for hydroxylation is 1. The summed E-state index contributed by atoms with van der Waals surface area (Å²) in [6.07, 6.45) is -1.06. The van der Waals surface area contributed by atoms with Crippen LogP contribution in [0.15, 0.2) is 65.7 Å². The molecule has 1 amide bonds. The normalized spacial score (nSPS) is 16.8. The van der Waals surface area contributed by atoms with Crippen molar-refractivity contribution in [2.75, 3.05) is 16.8 Å². The van der Waals surface area contributed by atoms with E-state index in [1.807, 2.05) is 25.1 Å². The highest BCUT2D eigenvalue weighted by molar-refractivity contribution is 7.89. The maximum Gasteiger partial charge on any atom is 0.416 e. The molecule has 12 heteroatoms. The number of amides is 1. The molecular weight excluding hydrogens is 617 g/mol. The van der Waals surface area contributed by atoms with Crippen LogP contribution in [0.5, 0.6) is 0 Å². The number of benzene rings is 2. The Morgan fingerprint density at radius 3 is 2.43 bits per heavy atom. The number of halogens is 3. The SMILES string of the molecule is CCC(C)CCC1CN(S(=O)(=O)c2ccc(C(F)(F)F)cc2)Cc2c(C)cccc2N1Cc1cc(NC(=O)OC(C)(C)C)ccn1. The number of anilines is 2. The van der Waals surface area contributed by atoms with Crippen LogP contribution in [-0.2, 0) is 34.0 Å². The number of pyridine rings is 1. The van der Waals surface area contributed by atoms with Crippen LogP contribution in [0.1, 0.15) is 76.3 Å². The molecule has 8 nitrogen and oxygen atoms in total. The van der Waals surface area contributed by atoms with Gasteiger partial charge in [-0.3, -0.25) is 10.3 Å². The van der Waals surface area contributed by atoms with Gasteiger partial charge in [0.1, 0.15) is 5.60 Å². The maximum absolute atomic E-state index is 14.0. The number of carbonyl (C=O) groups excluding carboxylic acids is 1. The second-order valence-corrected chi connectivity index (χ2v) is 14.9. The molecule has 0 spiro atoms. The van der Waals surface area contributed by atoms with E-state index in [1.165, 1.54) is 4.31 Å². The minimum absolute atomic E-state index is 0.0648. The maximum atomic E-state index is 14.0. The lowest BCUT2D eigenvalue weighted by molar-refractivity contribution is -0.137. The fraction of sp³-hybridized carbons (Fsp3) is 0.471. The van der Waals surface area contributed by atoms with Gasteiger partial charge in [-0.2, -0.15) is 17.5 Å². The number of rotatable bonds is 9. The van der Waals surface area contributed by atoms with Crippen molar-refractivity contribution in [1.29, 1.82) is 0 Å². The molecule has 0 saturated carbocycles. The molecule has 1 aliphatic heterocycles.